The van der Waals surface area contributed by atoms with Gasteiger partial charge in [-0.15, -0.1) is 0 Å². The van der Waals surface area contributed by atoms with Crippen molar-refractivity contribution in [3.63, 3.8) is 0 Å². The lowest BCUT2D eigenvalue weighted by Gasteiger charge is -2.08. The first-order valence-electron chi connectivity index (χ1n) is 5.60. The van der Waals surface area contributed by atoms with E-state index >= 15 is 0 Å². The third-order valence-corrected chi connectivity index (χ3v) is 2.81. The molecule has 1 N–H and O–H groups in total. The van der Waals surface area contributed by atoms with E-state index < -0.39 is 0 Å². The Kier molecular flexibility index (Phi) is 3.81. The van der Waals surface area contributed by atoms with Gasteiger partial charge in [-0.25, -0.2) is 4.98 Å². The molecule has 0 aliphatic rings. The number of nitrogens with zero attached hydrogens (tertiary/aromatic N) is 2. The number of aromatic nitrogens is 2. The first-order valence-corrected chi connectivity index (χ1v) is 6.39. The average molecular weight is 308 g/mol. The van der Waals surface area contributed by atoms with Gasteiger partial charge in [-0.1, -0.05) is 34.6 Å². The van der Waals surface area contributed by atoms with Crippen LogP contribution in [0.2, 0.25) is 0 Å². The largest absolute Gasteiger partial charge is 0.349 e. The number of halogens is 1. The Balaban J connectivity index is 2.42. The lowest BCUT2D eigenvalue weighted by atomic mass is 10.3. The van der Waals surface area contributed by atoms with Crippen molar-refractivity contribution < 1.29 is 4.79 Å². The van der Waals surface area contributed by atoms with Gasteiger partial charge in [0.15, 0.2) is 0 Å². The predicted molar refractivity (Wildman–Crippen MR) is 75.3 cm³/mol. The summed E-state index contributed by atoms with van der Waals surface area (Å²) in [6.07, 6.45) is 0. The van der Waals surface area contributed by atoms with Crippen molar-refractivity contribution in [1.29, 1.82) is 0 Å². The van der Waals surface area contributed by atoms with Crippen molar-refractivity contribution in [3.8, 4) is 0 Å². The Bertz CT molecular complexity index is 603. The van der Waals surface area contributed by atoms with E-state index in [9.17, 15) is 4.79 Å². The van der Waals surface area contributed by atoms with E-state index in [0.717, 1.165) is 21.3 Å². The van der Waals surface area contributed by atoms with Gasteiger partial charge in [0.25, 0.3) is 0 Å². The SMILES string of the molecule is C=C(Br)Cn1c(CNC(C)=O)nc2ccccc21. The maximum absolute atomic E-state index is 11.0. The van der Waals surface area contributed by atoms with Crippen molar-refractivity contribution in [1.82, 2.24) is 14.9 Å². The molecule has 1 heterocycles. The molecular formula is C13H14BrN3O. The van der Waals surface area contributed by atoms with Crippen LogP contribution in [0.15, 0.2) is 35.3 Å². The normalized spacial score (nSPS) is 10.6. The summed E-state index contributed by atoms with van der Waals surface area (Å²) in [4.78, 5) is 15.5. The van der Waals surface area contributed by atoms with Crippen LogP contribution in [-0.4, -0.2) is 15.5 Å². The molecule has 0 bridgehead atoms. The molecule has 0 saturated heterocycles. The highest BCUT2D eigenvalue weighted by atomic mass is 79.9. The molecule has 1 amide bonds. The zero-order valence-electron chi connectivity index (χ0n) is 10.1. The third kappa shape index (κ3) is 2.79. The standard InChI is InChI=1S/C13H14BrN3O/c1-9(14)8-17-12-6-4-3-5-11(12)16-13(17)7-15-10(2)18/h3-6H,1,7-8H2,2H3,(H,15,18). The topological polar surface area (TPSA) is 46.9 Å². The minimum atomic E-state index is -0.0636. The summed E-state index contributed by atoms with van der Waals surface area (Å²) in [6, 6.07) is 7.89. The lowest BCUT2D eigenvalue weighted by molar-refractivity contribution is -0.119. The second kappa shape index (κ2) is 5.35. The molecule has 0 aliphatic carbocycles. The van der Waals surface area contributed by atoms with Crippen LogP contribution in [0, 0.1) is 0 Å². The fraction of sp³-hybridized carbons (Fsp3) is 0.231. The lowest BCUT2D eigenvalue weighted by Crippen LogP contribution is -2.21. The molecule has 1 aromatic heterocycles. The molecule has 0 fully saturated rings. The molecular weight excluding hydrogens is 294 g/mol. The quantitative estimate of drug-likeness (QED) is 0.943. The average Bonchev–Trinajstić information content (AvgIpc) is 2.64. The van der Waals surface area contributed by atoms with Crippen LogP contribution in [0.1, 0.15) is 12.7 Å². The molecule has 0 saturated carbocycles. The number of fused-ring (bicyclic) bond motifs is 1. The molecule has 4 nitrogen and oxygen atoms in total. The zero-order chi connectivity index (χ0) is 13.1. The monoisotopic (exact) mass is 307 g/mol. The summed E-state index contributed by atoms with van der Waals surface area (Å²) in [7, 11) is 0. The number of hydrogen-bond acceptors (Lipinski definition) is 2. The minimum absolute atomic E-state index is 0.0636. The van der Waals surface area contributed by atoms with Crippen LogP contribution in [-0.2, 0) is 17.9 Å². The molecule has 1 aromatic carbocycles. The highest BCUT2D eigenvalue weighted by Gasteiger charge is 2.10. The van der Waals surface area contributed by atoms with Crippen LogP contribution < -0.4 is 5.32 Å². The highest BCUT2D eigenvalue weighted by Crippen LogP contribution is 2.18. The third-order valence-electron chi connectivity index (χ3n) is 2.56. The second-order valence-electron chi connectivity index (χ2n) is 4.03. The Morgan fingerprint density at radius 1 is 1.50 bits per heavy atom. The predicted octanol–water partition coefficient (Wildman–Crippen LogP) is 2.58. The molecule has 2 aromatic rings. The van der Waals surface area contributed by atoms with E-state index in [4.69, 9.17) is 0 Å². The molecule has 94 valence electrons. The summed E-state index contributed by atoms with van der Waals surface area (Å²) in [5.41, 5.74) is 1.96. The summed E-state index contributed by atoms with van der Waals surface area (Å²) < 4.78 is 2.91. The molecule has 0 atom stereocenters. The smallest absolute Gasteiger partial charge is 0.217 e. The summed E-state index contributed by atoms with van der Waals surface area (Å²) >= 11 is 3.37. The summed E-state index contributed by atoms with van der Waals surface area (Å²) in [5, 5.41) is 2.77. The molecule has 5 heteroatoms. The van der Waals surface area contributed by atoms with Crippen molar-refractivity contribution in [3.05, 3.63) is 41.2 Å². The van der Waals surface area contributed by atoms with Gasteiger partial charge in [-0.2, -0.15) is 0 Å². The summed E-state index contributed by atoms with van der Waals surface area (Å²) in [6.45, 7) is 6.41. The number of carbonyl (C=O) groups excluding carboxylic acids is 1. The zero-order valence-corrected chi connectivity index (χ0v) is 11.7. The van der Waals surface area contributed by atoms with Gasteiger partial charge in [0.05, 0.1) is 24.1 Å². The molecule has 0 spiro atoms. The number of carbonyl (C=O) groups is 1. The fourth-order valence-corrected chi connectivity index (χ4v) is 2.06. The number of nitrogens with one attached hydrogen (secondary N) is 1. The van der Waals surface area contributed by atoms with E-state index in [-0.39, 0.29) is 5.91 Å². The molecule has 2 rings (SSSR count). The van der Waals surface area contributed by atoms with Gasteiger partial charge >= 0.3 is 0 Å². The van der Waals surface area contributed by atoms with Crippen LogP contribution in [0.5, 0.6) is 0 Å². The minimum Gasteiger partial charge on any atom is -0.349 e. The molecule has 0 radical (unpaired) electrons. The van der Waals surface area contributed by atoms with Gasteiger partial charge in [0.2, 0.25) is 5.91 Å². The van der Waals surface area contributed by atoms with Crippen molar-refractivity contribution in [2.45, 2.75) is 20.0 Å². The number of imidazole rings is 1. The van der Waals surface area contributed by atoms with Crippen LogP contribution >= 0.6 is 15.9 Å². The number of allylic oxidation sites excluding steroid dienone is 1. The number of benzene rings is 1. The Morgan fingerprint density at radius 2 is 2.22 bits per heavy atom. The van der Waals surface area contributed by atoms with Gasteiger partial charge in [0.1, 0.15) is 5.82 Å². The molecule has 0 aliphatic heterocycles. The first kappa shape index (κ1) is 12.8. The highest BCUT2D eigenvalue weighted by molar-refractivity contribution is 9.11. The van der Waals surface area contributed by atoms with Crippen LogP contribution in [0.25, 0.3) is 11.0 Å². The number of para-hydroxylation sites is 2. The maximum atomic E-state index is 11.0. The van der Waals surface area contributed by atoms with E-state index in [1.807, 2.05) is 28.8 Å². The van der Waals surface area contributed by atoms with E-state index in [0.29, 0.717) is 13.1 Å². The summed E-state index contributed by atoms with van der Waals surface area (Å²) in [5.74, 6) is 0.762. The Labute approximate surface area is 114 Å². The maximum Gasteiger partial charge on any atom is 0.217 e. The van der Waals surface area contributed by atoms with E-state index in [1.54, 1.807) is 0 Å². The van der Waals surface area contributed by atoms with Gasteiger partial charge in [0, 0.05) is 11.4 Å². The Hall–Kier alpha value is -1.62. The van der Waals surface area contributed by atoms with E-state index in [1.165, 1.54) is 6.92 Å². The number of amides is 1. The van der Waals surface area contributed by atoms with Crippen molar-refractivity contribution >= 4 is 32.9 Å². The molecule has 18 heavy (non-hydrogen) atoms. The van der Waals surface area contributed by atoms with Gasteiger partial charge in [-0.3, -0.25) is 4.79 Å². The van der Waals surface area contributed by atoms with E-state index in [2.05, 4.69) is 32.8 Å². The van der Waals surface area contributed by atoms with Gasteiger partial charge < -0.3 is 9.88 Å². The fourth-order valence-electron chi connectivity index (χ4n) is 1.81. The Morgan fingerprint density at radius 3 is 2.89 bits per heavy atom. The van der Waals surface area contributed by atoms with Crippen molar-refractivity contribution in [2.24, 2.45) is 0 Å². The second-order valence-corrected chi connectivity index (χ2v) is 5.15. The van der Waals surface area contributed by atoms with Crippen LogP contribution in [0.3, 0.4) is 0 Å². The first-order chi connectivity index (χ1) is 8.58. The molecule has 0 unspecified atom stereocenters. The van der Waals surface area contributed by atoms with Crippen molar-refractivity contribution in [2.75, 3.05) is 0 Å². The number of hydrogen-bond donors (Lipinski definition) is 1. The van der Waals surface area contributed by atoms with Crippen LogP contribution in [0.4, 0.5) is 0 Å². The van der Waals surface area contributed by atoms with Gasteiger partial charge in [-0.05, 0) is 12.1 Å². The number of rotatable bonds is 4.